The van der Waals surface area contributed by atoms with Crippen molar-refractivity contribution in [2.24, 2.45) is 5.92 Å². The van der Waals surface area contributed by atoms with E-state index in [2.05, 4.69) is 21.2 Å². The van der Waals surface area contributed by atoms with Crippen molar-refractivity contribution >= 4 is 45.0 Å². The van der Waals surface area contributed by atoms with E-state index >= 15 is 0 Å². The Morgan fingerprint density at radius 3 is 2.62 bits per heavy atom. The van der Waals surface area contributed by atoms with Crippen molar-refractivity contribution in [2.45, 2.75) is 39.3 Å². The Labute approximate surface area is 138 Å². The second-order valence-corrected chi connectivity index (χ2v) is 6.78. The molecule has 2 rings (SSSR count). The summed E-state index contributed by atoms with van der Waals surface area (Å²) < 4.78 is 0.816. The summed E-state index contributed by atoms with van der Waals surface area (Å²) in [6.07, 6.45) is 0.533. The third kappa shape index (κ3) is 3.09. The molecule has 1 aliphatic heterocycles. The monoisotopic (exact) mass is 372 g/mol. The maximum atomic E-state index is 12.8. The van der Waals surface area contributed by atoms with Gasteiger partial charge in [0.05, 0.1) is 10.7 Å². The van der Waals surface area contributed by atoms with Crippen LogP contribution in [-0.4, -0.2) is 23.9 Å². The summed E-state index contributed by atoms with van der Waals surface area (Å²) in [6, 6.07) is 4.26. The van der Waals surface area contributed by atoms with Crippen LogP contribution in [0.25, 0.3) is 0 Å². The molecule has 2 unspecified atom stereocenters. The van der Waals surface area contributed by atoms with Crippen LogP contribution in [0.15, 0.2) is 22.7 Å². The molecular weight excluding hydrogens is 356 g/mol. The van der Waals surface area contributed by atoms with E-state index in [1.165, 1.54) is 4.90 Å². The van der Waals surface area contributed by atoms with Crippen LogP contribution >= 0.6 is 27.5 Å². The average Bonchev–Trinajstić information content (AvgIpc) is 2.43. The number of anilines is 1. The van der Waals surface area contributed by atoms with Crippen LogP contribution in [0, 0.1) is 5.92 Å². The summed E-state index contributed by atoms with van der Waals surface area (Å²) in [7, 11) is 0. The molecule has 21 heavy (non-hydrogen) atoms. The number of hydrogen-bond donors (Lipinski definition) is 1. The molecule has 0 bridgehead atoms. The van der Waals surface area contributed by atoms with E-state index in [1.54, 1.807) is 18.2 Å². The third-order valence-corrected chi connectivity index (χ3v) is 4.45. The van der Waals surface area contributed by atoms with E-state index in [0.29, 0.717) is 17.1 Å². The van der Waals surface area contributed by atoms with Gasteiger partial charge in [-0.25, -0.2) is 0 Å². The molecular formula is C15H18BrClN2O2. The van der Waals surface area contributed by atoms with Gasteiger partial charge in [0.1, 0.15) is 12.1 Å². The van der Waals surface area contributed by atoms with Crippen LogP contribution in [0.1, 0.15) is 27.2 Å². The lowest BCUT2D eigenvalue weighted by Crippen LogP contribution is -2.65. The third-order valence-electron chi connectivity index (χ3n) is 3.64. The van der Waals surface area contributed by atoms with Gasteiger partial charge in [0.25, 0.3) is 5.91 Å². The van der Waals surface area contributed by atoms with Crippen molar-refractivity contribution in [1.29, 1.82) is 0 Å². The minimum Gasteiger partial charge on any atom is -0.342 e. The zero-order valence-corrected chi connectivity index (χ0v) is 14.5. The molecule has 0 aliphatic carbocycles. The molecule has 6 heteroatoms. The predicted octanol–water partition coefficient (Wildman–Crippen LogP) is 3.37. The SMILES string of the molecule is CCC1C(=O)NC(C(C)C)C(=O)N1c1cc(Br)ccc1Cl. The maximum absolute atomic E-state index is 12.8. The molecule has 0 saturated carbocycles. The molecule has 114 valence electrons. The average molecular weight is 374 g/mol. The summed E-state index contributed by atoms with van der Waals surface area (Å²) in [6.45, 7) is 5.71. The number of rotatable bonds is 3. The molecule has 1 N–H and O–H groups in total. The van der Waals surface area contributed by atoms with Gasteiger partial charge in [-0.2, -0.15) is 0 Å². The summed E-state index contributed by atoms with van der Waals surface area (Å²) in [5.74, 6) is -0.226. The number of benzene rings is 1. The minimum atomic E-state index is -0.528. The van der Waals surface area contributed by atoms with Crippen LogP contribution in [0.4, 0.5) is 5.69 Å². The molecule has 0 aromatic heterocycles. The molecule has 1 heterocycles. The number of piperazine rings is 1. The number of halogens is 2. The van der Waals surface area contributed by atoms with Gasteiger partial charge in [0.2, 0.25) is 5.91 Å². The Balaban J connectivity index is 2.51. The summed E-state index contributed by atoms with van der Waals surface area (Å²) in [5.41, 5.74) is 0.573. The Morgan fingerprint density at radius 1 is 1.38 bits per heavy atom. The molecule has 0 radical (unpaired) electrons. The first-order valence-electron chi connectivity index (χ1n) is 6.95. The van der Waals surface area contributed by atoms with Crippen LogP contribution in [-0.2, 0) is 9.59 Å². The molecule has 1 fully saturated rings. The molecule has 0 spiro atoms. The number of carbonyl (C=O) groups is 2. The standard InChI is InChI=1S/C15H18BrClN2O2/c1-4-11-14(20)18-13(8(2)3)15(21)19(11)12-7-9(16)5-6-10(12)17/h5-8,11,13H,4H2,1-3H3,(H,18,20). The smallest absolute Gasteiger partial charge is 0.250 e. The number of hydrogen-bond acceptors (Lipinski definition) is 2. The minimum absolute atomic E-state index is 0.0210. The Bertz CT molecular complexity index is 577. The molecule has 1 saturated heterocycles. The van der Waals surface area contributed by atoms with E-state index in [9.17, 15) is 9.59 Å². The van der Waals surface area contributed by atoms with Crippen molar-refractivity contribution in [3.8, 4) is 0 Å². The van der Waals surface area contributed by atoms with Gasteiger partial charge in [-0.05, 0) is 30.5 Å². The van der Waals surface area contributed by atoms with Crippen molar-refractivity contribution in [3.63, 3.8) is 0 Å². The Kier molecular flexibility index (Phi) is 4.94. The van der Waals surface area contributed by atoms with Gasteiger partial charge in [-0.1, -0.05) is 48.3 Å². The molecule has 1 aliphatic rings. The first kappa shape index (κ1) is 16.3. The van der Waals surface area contributed by atoms with E-state index in [4.69, 9.17) is 11.6 Å². The highest BCUT2D eigenvalue weighted by molar-refractivity contribution is 9.10. The molecule has 2 amide bonds. The molecule has 2 atom stereocenters. The van der Waals surface area contributed by atoms with Crippen LogP contribution in [0.3, 0.4) is 0 Å². The number of nitrogens with zero attached hydrogens (tertiary/aromatic N) is 1. The van der Waals surface area contributed by atoms with E-state index < -0.39 is 12.1 Å². The fourth-order valence-electron chi connectivity index (χ4n) is 2.51. The number of nitrogens with one attached hydrogen (secondary N) is 1. The van der Waals surface area contributed by atoms with Gasteiger partial charge in [-0.3, -0.25) is 14.5 Å². The molecule has 1 aromatic rings. The van der Waals surface area contributed by atoms with Crippen LogP contribution in [0.5, 0.6) is 0 Å². The Morgan fingerprint density at radius 2 is 2.05 bits per heavy atom. The maximum Gasteiger partial charge on any atom is 0.250 e. The normalized spacial score (nSPS) is 22.7. The largest absolute Gasteiger partial charge is 0.342 e. The van der Waals surface area contributed by atoms with Gasteiger partial charge < -0.3 is 5.32 Å². The highest BCUT2D eigenvalue weighted by Crippen LogP contribution is 2.33. The number of amides is 2. The fourth-order valence-corrected chi connectivity index (χ4v) is 3.07. The van der Waals surface area contributed by atoms with E-state index in [1.807, 2.05) is 20.8 Å². The first-order valence-corrected chi connectivity index (χ1v) is 8.12. The quantitative estimate of drug-likeness (QED) is 0.883. The number of carbonyl (C=O) groups excluding carboxylic acids is 2. The first-order chi connectivity index (χ1) is 9.86. The zero-order chi connectivity index (χ0) is 15.7. The van der Waals surface area contributed by atoms with Crippen molar-refractivity contribution in [3.05, 3.63) is 27.7 Å². The lowest BCUT2D eigenvalue weighted by atomic mass is 9.96. The van der Waals surface area contributed by atoms with Crippen molar-refractivity contribution in [2.75, 3.05) is 4.90 Å². The second kappa shape index (κ2) is 6.36. The van der Waals surface area contributed by atoms with Crippen LogP contribution < -0.4 is 10.2 Å². The van der Waals surface area contributed by atoms with Crippen LogP contribution in [0.2, 0.25) is 5.02 Å². The topological polar surface area (TPSA) is 49.4 Å². The van der Waals surface area contributed by atoms with E-state index in [0.717, 1.165) is 4.47 Å². The highest BCUT2D eigenvalue weighted by atomic mass is 79.9. The lowest BCUT2D eigenvalue weighted by molar-refractivity contribution is -0.134. The van der Waals surface area contributed by atoms with Crippen molar-refractivity contribution < 1.29 is 9.59 Å². The summed E-state index contributed by atoms with van der Waals surface area (Å²) in [5, 5.41) is 3.28. The van der Waals surface area contributed by atoms with Gasteiger partial charge in [0, 0.05) is 4.47 Å². The summed E-state index contributed by atoms with van der Waals surface area (Å²) in [4.78, 5) is 26.6. The van der Waals surface area contributed by atoms with Gasteiger partial charge in [-0.15, -0.1) is 0 Å². The van der Waals surface area contributed by atoms with Crippen molar-refractivity contribution in [1.82, 2.24) is 5.32 Å². The van der Waals surface area contributed by atoms with E-state index in [-0.39, 0.29) is 17.7 Å². The lowest BCUT2D eigenvalue weighted by Gasteiger charge is -2.40. The Hall–Kier alpha value is -1.07. The van der Waals surface area contributed by atoms with Gasteiger partial charge in [0.15, 0.2) is 0 Å². The fraction of sp³-hybridized carbons (Fsp3) is 0.467. The zero-order valence-electron chi connectivity index (χ0n) is 12.2. The predicted molar refractivity (Wildman–Crippen MR) is 87.5 cm³/mol. The second-order valence-electron chi connectivity index (χ2n) is 5.46. The summed E-state index contributed by atoms with van der Waals surface area (Å²) >= 11 is 9.63. The van der Waals surface area contributed by atoms with Gasteiger partial charge >= 0.3 is 0 Å². The molecule has 4 nitrogen and oxygen atoms in total. The highest BCUT2D eigenvalue weighted by Gasteiger charge is 2.42. The molecule has 1 aromatic carbocycles.